The van der Waals surface area contributed by atoms with E-state index in [9.17, 15) is 4.79 Å². The number of rotatable bonds is 3. The molecule has 1 aliphatic carbocycles. The highest BCUT2D eigenvalue weighted by Gasteiger charge is 2.29. The molecule has 1 unspecified atom stereocenters. The number of carbonyl (C=O) groups is 1. The molecule has 1 atom stereocenters. The van der Waals surface area contributed by atoms with Crippen LogP contribution in [0.5, 0.6) is 0 Å². The number of fused-ring (bicyclic) bond motifs is 1. The number of nitrogens with one attached hydrogen (secondary N) is 1. The topological polar surface area (TPSA) is 67.5 Å². The third-order valence-corrected chi connectivity index (χ3v) is 6.12. The number of nitrogens with two attached hydrogens (primary N) is 1. The maximum absolute atomic E-state index is 12.6. The zero-order chi connectivity index (χ0) is 18.1. The van der Waals surface area contributed by atoms with Gasteiger partial charge in [0.1, 0.15) is 0 Å². The Hall–Kier alpha value is -2.27. The van der Waals surface area contributed by atoms with Crippen LogP contribution in [0.15, 0.2) is 47.5 Å². The lowest BCUT2D eigenvalue weighted by molar-refractivity contribution is 0.102. The van der Waals surface area contributed by atoms with Crippen molar-refractivity contribution in [3.8, 4) is 0 Å². The van der Waals surface area contributed by atoms with Gasteiger partial charge >= 0.3 is 0 Å². The second-order valence-electron chi connectivity index (χ2n) is 7.19. The first kappa shape index (κ1) is 17.2. The second kappa shape index (κ2) is 6.80. The summed E-state index contributed by atoms with van der Waals surface area (Å²) in [7, 11) is 0. The second-order valence-corrected chi connectivity index (χ2v) is 8.31. The third-order valence-electron chi connectivity index (χ3n) is 5.32. The Morgan fingerprint density at radius 3 is 2.69 bits per heavy atom. The van der Waals surface area contributed by atoms with E-state index in [1.54, 1.807) is 11.8 Å². The van der Waals surface area contributed by atoms with E-state index in [0.717, 1.165) is 36.3 Å². The quantitative estimate of drug-likeness (QED) is 0.861. The minimum Gasteiger partial charge on any atom is -0.379 e. The van der Waals surface area contributed by atoms with Crippen LogP contribution in [0.3, 0.4) is 0 Å². The number of amidine groups is 1. The van der Waals surface area contributed by atoms with Gasteiger partial charge in [0.25, 0.3) is 5.91 Å². The molecule has 1 heterocycles. The Morgan fingerprint density at radius 1 is 1.15 bits per heavy atom. The molecule has 0 spiro atoms. The summed E-state index contributed by atoms with van der Waals surface area (Å²) >= 11 is 1.60. The van der Waals surface area contributed by atoms with Crippen molar-refractivity contribution in [3.05, 3.63) is 64.7 Å². The van der Waals surface area contributed by atoms with Crippen molar-refractivity contribution in [2.75, 3.05) is 11.1 Å². The van der Waals surface area contributed by atoms with E-state index < -0.39 is 0 Å². The smallest absolute Gasteiger partial charge is 0.255 e. The maximum Gasteiger partial charge on any atom is 0.255 e. The van der Waals surface area contributed by atoms with Gasteiger partial charge < -0.3 is 11.1 Å². The minimum absolute atomic E-state index is 0.0816. The van der Waals surface area contributed by atoms with Gasteiger partial charge in [-0.25, -0.2) is 0 Å². The molecule has 1 aliphatic heterocycles. The van der Waals surface area contributed by atoms with Crippen LogP contribution in [-0.2, 0) is 18.4 Å². The Morgan fingerprint density at radius 2 is 1.92 bits per heavy atom. The Bertz CT molecular complexity index is 875. The van der Waals surface area contributed by atoms with E-state index >= 15 is 0 Å². The van der Waals surface area contributed by atoms with Crippen molar-refractivity contribution in [2.24, 2.45) is 10.7 Å². The molecule has 2 aromatic rings. The van der Waals surface area contributed by atoms with Gasteiger partial charge in [-0.1, -0.05) is 30.0 Å². The first-order chi connectivity index (χ1) is 12.5. The average molecular weight is 366 g/mol. The molecule has 26 heavy (non-hydrogen) atoms. The SMILES string of the molecule is CC1(c2ccc(C(=O)Nc3ccc4c(c3)CCC4)cc2)CCSC(N)=N1. The molecule has 4 rings (SSSR count). The number of hydrogen-bond acceptors (Lipinski definition) is 4. The minimum atomic E-state index is -0.301. The average Bonchev–Trinajstić information content (AvgIpc) is 3.09. The van der Waals surface area contributed by atoms with Crippen LogP contribution in [0.2, 0.25) is 0 Å². The van der Waals surface area contributed by atoms with E-state index in [1.165, 1.54) is 17.5 Å². The van der Waals surface area contributed by atoms with Gasteiger partial charge in [0.05, 0.1) is 5.54 Å². The number of aryl methyl sites for hydroxylation is 2. The van der Waals surface area contributed by atoms with E-state index in [-0.39, 0.29) is 11.4 Å². The van der Waals surface area contributed by atoms with Crippen LogP contribution in [0, 0.1) is 0 Å². The van der Waals surface area contributed by atoms with Crippen LogP contribution in [0.1, 0.15) is 46.8 Å². The highest BCUT2D eigenvalue weighted by Crippen LogP contribution is 2.35. The van der Waals surface area contributed by atoms with Crippen molar-refractivity contribution in [2.45, 2.75) is 38.1 Å². The molecular weight excluding hydrogens is 342 g/mol. The summed E-state index contributed by atoms with van der Waals surface area (Å²) in [5.41, 5.74) is 11.0. The normalized spacial score (nSPS) is 21.8. The highest BCUT2D eigenvalue weighted by molar-refractivity contribution is 8.13. The van der Waals surface area contributed by atoms with Crippen LogP contribution in [-0.4, -0.2) is 16.8 Å². The van der Waals surface area contributed by atoms with Crippen molar-refractivity contribution < 1.29 is 4.79 Å². The number of carbonyl (C=O) groups excluding carboxylic acids is 1. The lowest BCUT2D eigenvalue weighted by Gasteiger charge is -2.29. The molecule has 1 amide bonds. The summed E-state index contributed by atoms with van der Waals surface area (Å²) in [5.74, 6) is 0.883. The van der Waals surface area contributed by atoms with Gasteiger partial charge in [0.2, 0.25) is 0 Å². The van der Waals surface area contributed by atoms with Gasteiger partial charge in [-0.15, -0.1) is 0 Å². The first-order valence-electron chi connectivity index (χ1n) is 9.05. The fraction of sp³-hybridized carbons (Fsp3) is 0.333. The zero-order valence-corrected chi connectivity index (χ0v) is 15.7. The van der Waals surface area contributed by atoms with Gasteiger partial charge in [-0.05, 0) is 73.6 Å². The van der Waals surface area contributed by atoms with Gasteiger partial charge in [0.15, 0.2) is 5.17 Å². The van der Waals surface area contributed by atoms with Crippen LogP contribution in [0.25, 0.3) is 0 Å². The lowest BCUT2D eigenvalue weighted by Crippen LogP contribution is -2.28. The van der Waals surface area contributed by atoms with E-state index in [4.69, 9.17) is 5.73 Å². The number of anilines is 1. The number of benzene rings is 2. The Kier molecular flexibility index (Phi) is 4.49. The highest BCUT2D eigenvalue weighted by atomic mass is 32.2. The van der Waals surface area contributed by atoms with Crippen molar-refractivity contribution in [3.63, 3.8) is 0 Å². The molecule has 4 nitrogen and oxygen atoms in total. The molecule has 5 heteroatoms. The number of thioether (sulfide) groups is 1. The predicted molar refractivity (Wildman–Crippen MR) is 109 cm³/mol. The van der Waals surface area contributed by atoms with Crippen molar-refractivity contribution in [1.29, 1.82) is 0 Å². The van der Waals surface area contributed by atoms with Gasteiger partial charge in [-0.2, -0.15) is 0 Å². The molecule has 0 fully saturated rings. The molecule has 0 radical (unpaired) electrons. The summed E-state index contributed by atoms with van der Waals surface area (Å²) in [6, 6.07) is 14.0. The molecule has 0 aromatic heterocycles. The molecule has 134 valence electrons. The standard InChI is InChI=1S/C21H23N3OS/c1-21(11-12-26-20(22)24-21)17-8-5-15(6-9-17)19(25)23-18-10-7-14-3-2-4-16(14)13-18/h5-10,13H,2-4,11-12H2,1H3,(H2,22,24)(H,23,25). The number of aliphatic imine (C=N–C) groups is 1. The van der Waals surface area contributed by atoms with E-state index in [0.29, 0.717) is 10.7 Å². The fourth-order valence-electron chi connectivity index (χ4n) is 3.73. The van der Waals surface area contributed by atoms with Gasteiger partial charge in [-0.3, -0.25) is 9.79 Å². The van der Waals surface area contributed by atoms with Crippen LogP contribution < -0.4 is 11.1 Å². The molecule has 0 saturated heterocycles. The molecular formula is C21H23N3OS. The zero-order valence-electron chi connectivity index (χ0n) is 14.9. The monoisotopic (exact) mass is 365 g/mol. The third kappa shape index (κ3) is 3.36. The Labute approximate surface area is 158 Å². The summed E-state index contributed by atoms with van der Waals surface area (Å²) in [6.07, 6.45) is 4.40. The number of hydrogen-bond donors (Lipinski definition) is 2. The molecule has 2 aliphatic rings. The lowest BCUT2D eigenvalue weighted by atomic mass is 9.89. The number of amides is 1. The summed E-state index contributed by atoms with van der Waals surface area (Å²) < 4.78 is 0. The summed E-state index contributed by atoms with van der Waals surface area (Å²) in [4.78, 5) is 17.2. The Balaban J connectivity index is 1.50. The molecule has 3 N–H and O–H groups in total. The van der Waals surface area contributed by atoms with Gasteiger partial charge in [0, 0.05) is 17.0 Å². The van der Waals surface area contributed by atoms with Crippen LogP contribution >= 0.6 is 11.8 Å². The maximum atomic E-state index is 12.6. The first-order valence-corrected chi connectivity index (χ1v) is 10.0. The fourth-order valence-corrected chi connectivity index (χ4v) is 4.70. The molecule has 2 aromatic carbocycles. The largest absolute Gasteiger partial charge is 0.379 e. The molecule has 0 saturated carbocycles. The summed E-state index contributed by atoms with van der Waals surface area (Å²) in [5, 5.41) is 3.65. The number of nitrogens with zero attached hydrogens (tertiary/aromatic N) is 1. The van der Waals surface area contributed by atoms with E-state index in [1.807, 2.05) is 30.3 Å². The predicted octanol–water partition coefficient (Wildman–Crippen LogP) is 4.09. The van der Waals surface area contributed by atoms with Crippen LogP contribution in [0.4, 0.5) is 5.69 Å². The van der Waals surface area contributed by atoms with Crippen molar-refractivity contribution >= 4 is 28.5 Å². The molecule has 0 bridgehead atoms. The summed E-state index contributed by atoms with van der Waals surface area (Å²) in [6.45, 7) is 2.10. The van der Waals surface area contributed by atoms with Crippen molar-refractivity contribution in [1.82, 2.24) is 0 Å². The van der Waals surface area contributed by atoms with E-state index in [2.05, 4.69) is 29.4 Å².